The van der Waals surface area contributed by atoms with E-state index in [4.69, 9.17) is 0 Å². The highest BCUT2D eigenvalue weighted by Gasteiger charge is 2.21. The second kappa shape index (κ2) is 5.83. The molecule has 23 heavy (non-hydrogen) atoms. The zero-order chi connectivity index (χ0) is 15.6. The molecule has 0 radical (unpaired) electrons. The number of carbonyl (C=O) groups is 1. The van der Waals surface area contributed by atoms with Crippen molar-refractivity contribution in [3.63, 3.8) is 0 Å². The summed E-state index contributed by atoms with van der Waals surface area (Å²) >= 11 is 0. The molecule has 1 fully saturated rings. The van der Waals surface area contributed by atoms with E-state index in [0.29, 0.717) is 18.3 Å². The topological polar surface area (TPSA) is 59.8 Å². The van der Waals surface area contributed by atoms with E-state index >= 15 is 0 Å². The van der Waals surface area contributed by atoms with Crippen molar-refractivity contribution in [2.24, 2.45) is 0 Å². The predicted molar refractivity (Wildman–Crippen MR) is 88.2 cm³/mol. The second-order valence-electron chi connectivity index (χ2n) is 6.08. The number of nitrogens with zero attached hydrogens (tertiary/aromatic N) is 3. The van der Waals surface area contributed by atoms with Crippen LogP contribution in [0.25, 0.3) is 10.8 Å². The summed E-state index contributed by atoms with van der Waals surface area (Å²) in [6, 6.07) is 14.9. The highest BCUT2D eigenvalue weighted by molar-refractivity contribution is 5.92. The number of carbonyl (C=O) groups excluding carboxylic acids is 1. The number of nitrogens with one attached hydrogen (secondary N) is 1. The van der Waals surface area contributed by atoms with Gasteiger partial charge in [0.1, 0.15) is 0 Å². The molecule has 0 atom stereocenters. The summed E-state index contributed by atoms with van der Waals surface area (Å²) in [7, 11) is 0. The number of benzene rings is 2. The average Bonchev–Trinajstić information content (AvgIpc) is 2.99. The zero-order valence-corrected chi connectivity index (χ0v) is 12.8. The van der Waals surface area contributed by atoms with Gasteiger partial charge in [0.05, 0.1) is 12.7 Å². The first kappa shape index (κ1) is 13.9. The fourth-order valence-electron chi connectivity index (χ4n) is 2.82. The summed E-state index contributed by atoms with van der Waals surface area (Å²) in [4.78, 5) is 12.1. The van der Waals surface area contributed by atoms with Gasteiger partial charge in [0, 0.05) is 6.04 Å². The molecule has 116 valence electrons. The van der Waals surface area contributed by atoms with Gasteiger partial charge in [-0.2, -0.15) is 0 Å². The van der Waals surface area contributed by atoms with Crippen LogP contribution >= 0.6 is 0 Å². The van der Waals surface area contributed by atoms with Crippen LogP contribution in [0, 0.1) is 0 Å². The van der Waals surface area contributed by atoms with Crippen molar-refractivity contribution in [2.45, 2.75) is 31.8 Å². The smallest absolute Gasteiger partial charge is 0.273 e. The van der Waals surface area contributed by atoms with E-state index in [-0.39, 0.29) is 5.91 Å². The van der Waals surface area contributed by atoms with E-state index in [0.717, 1.165) is 18.4 Å². The fraction of sp³-hybridized carbons (Fsp3) is 0.278. The predicted octanol–water partition coefficient (Wildman–Crippen LogP) is 2.76. The van der Waals surface area contributed by atoms with Crippen molar-refractivity contribution in [3.8, 4) is 0 Å². The maximum absolute atomic E-state index is 12.1. The molecule has 4 rings (SSSR count). The van der Waals surface area contributed by atoms with Crippen molar-refractivity contribution >= 4 is 16.7 Å². The normalized spacial score (nSPS) is 14.6. The maximum atomic E-state index is 12.1. The lowest BCUT2D eigenvalue weighted by molar-refractivity contribution is 0.0911. The fourth-order valence-corrected chi connectivity index (χ4v) is 2.82. The number of amides is 1. The van der Waals surface area contributed by atoms with Crippen molar-refractivity contribution in [1.82, 2.24) is 20.3 Å². The number of fused-ring (bicyclic) bond motifs is 1. The average molecular weight is 306 g/mol. The molecule has 2 aromatic carbocycles. The Morgan fingerprint density at radius 2 is 2.00 bits per heavy atom. The Balaban J connectivity index is 1.48. The SMILES string of the molecule is O=C(NC1CCC1)c1cn(Cc2ccc3ccccc3c2)nn1. The Morgan fingerprint density at radius 1 is 1.17 bits per heavy atom. The zero-order valence-electron chi connectivity index (χ0n) is 12.8. The number of rotatable bonds is 4. The van der Waals surface area contributed by atoms with E-state index in [9.17, 15) is 4.79 Å². The monoisotopic (exact) mass is 306 g/mol. The molecule has 1 aliphatic rings. The molecule has 5 nitrogen and oxygen atoms in total. The summed E-state index contributed by atoms with van der Waals surface area (Å²) in [6.45, 7) is 0.606. The molecule has 0 aliphatic heterocycles. The standard InChI is InChI=1S/C18H18N4O/c23-18(19-16-6-3-7-16)17-12-22(21-20-17)11-13-8-9-14-4-1-2-5-15(14)10-13/h1-2,4-5,8-10,12,16H,3,6-7,11H2,(H,19,23). The summed E-state index contributed by atoms with van der Waals surface area (Å²) < 4.78 is 1.71. The first-order chi connectivity index (χ1) is 11.3. The lowest BCUT2D eigenvalue weighted by Gasteiger charge is -2.25. The van der Waals surface area contributed by atoms with Gasteiger partial charge in [0.15, 0.2) is 5.69 Å². The lowest BCUT2D eigenvalue weighted by atomic mass is 9.93. The van der Waals surface area contributed by atoms with Gasteiger partial charge >= 0.3 is 0 Å². The Morgan fingerprint density at radius 3 is 2.78 bits per heavy atom. The van der Waals surface area contributed by atoms with Crippen molar-refractivity contribution in [2.75, 3.05) is 0 Å². The second-order valence-corrected chi connectivity index (χ2v) is 6.08. The van der Waals surface area contributed by atoms with E-state index in [1.165, 1.54) is 17.2 Å². The summed E-state index contributed by atoms with van der Waals surface area (Å²) in [6.07, 6.45) is 5.04. The van der Waals surface area contributed by atoms with Crippen LogP contribution in [-0.2, 0) is 6.54 Å². The minimum atomic E-state index is -0.125. The van der Waals surface area contributed by atoms with Gasteiger partial charge in [-0.15, -0.1) is 5.10 Å². The lowest BCUT2D eigenvalue weighted by Crippen LogP contribution is -2.39. The number of hydrogen-bond donors (Lipinski definition) is 1. The molecule has 1 aromatic heterocycles. The third kappa shape index (κ3) is 2.95. The van der Waals surface area contributed by atoms with E-state index < -0.39 is 0 Å². The molecule has 1 N–H and O–H groups in total. The van der Waals surface area contributed by atoms with E-state index in [1.54, 1.807) is 10.9 Å². The van der Waals surface area contributed by atoms with Crippen LogP contribution in [-0.4, -0.2) is 26.9 Å². The highest BCUT2D eigenvalue weighted by atomic mass is 16.2. The Hall–Kier alpha value is -2.69. The van der Waals surface area contributed by atoms with Gasteiger partial charge in [0.25, 0.3) is 5.91 Å². The summed E-state index contributed by atoms with van der Waals surface area (Å²) in [5.74, 6) is -0.125. The van der Waals surface area contributed by atoms with Crippen LogP contribution in [0.1, 0.15) is 35.3 Å². The Bertz CT molecular complexity index is 851. The summed E-state index contributed by atoms with van der Waals surface area (Å²) in [5.41, 5.74) is 1.53. The van der Waals surface area contributed by atoms with Gasteiger partial charge in [-0.25, -0.2) is 4.68 Å². The first-order valence-electron chi connectivity index (χ1n) is 7.96. The van der Waals surface area contributed by atoms with Crippen LogP contribution < -0.4 is 5.32 Å². The molecule has 5 heteroatoms. The Labute approximate surface area is 134 Å². The third-order valence-corrected chi connectivity index (χ3v) is 4.37. The van der Waals surface area contributed by atoms with E-state index in [1.807, 2.05) is 12.1 Å². The van der Waals surface area contributed by atoms with Crippen molar-refractivity contribution in [1.29, 1.82) is 0 Å². The van der Waals surface area contributed by atoms with Crippen LogP contribution in [0.15, 0.2) is 48.7 Å². The molecule has 1 saturated carbocycles. The van der Waals surface area contributed by atoms with E-state index in [2.05, 4.69) is 46.0 Å². The maximum Gasteiger partial charge on any atom is 0.273 e. The number of hydrogen-bond acceptors (Lipinski definition) is 3. The van der Waals surface area contributed by atoms with Gasteiger partial charge < -0.3 is 5.32 Å². The number of aromatic nitrogens is 3. The minimum Gasteiger partial charge on any atom is -0.348 e. The molecule has 1 aliphatic carbocycles. The van der Waals surface area contributed by atoms with Gasteiger partial charge in [-0.3, -0.25) is 4.79 Å². The quantitative estimate of drug-likeness (QED) is 0.806. The van der Waals surface area contributed by atoms with Crippen LogP contribution in [0.5, 0.6) is 0 Å². The molecule has 3 aromatic rings. The van der Waals surface area contributed by atoms with Crippen LogP contribution in [0.3, 0.4) is 0 Å². The highest BCUT2D eigenvalue weighted by Crippen LogP contribution is 2.18. The van der Waals surface area contributed by atoms with Gasteiger partial charge in [-0.1, -0.05) is 41.6 Å². The molecule has 0 saturated heterocycles. The third-order valence-electron chi connectivity index (χ3n) is 4.37. The molecule has 0 bridgehead atoms. The Kier molecular flexibility index (Phi) is 3.54. The minimum absolute atomic E-state index is 0.125. The summed E-state index contributed by atoms with van der Waals surface area (Å²) in [5, 5.41) is 13.5. The molecule has 1 heterocycles. The van der Waals surface area contributed by atoms with Crippen LogP contribution in [0.4, 0.5) is 0 Å². The molecule has 0 spiro atoms. The van der Waals surface area contributed by atoms with Gasteiger partial charge in [0.2, 0.25) is 0 Å². The molecular formula is C18H18N4O. The molecule has 0 unspecified atom stereocenters. The van der Waals surface area contributed by atoms with Crippen molar-refractivity contribution in [3.05, 3.63) is 59.9 Å². The van der Waals surface area contributed by atoms with Crippen LogP contribution in [0.2, 0.25) is 0 Å². The van der Waals surface area contributed by atoms with Crippen molar-refractivity contribution < 1.29 is 4.79 Å². The largest absolute Gasteiger partial charge is 0.348 e. The first-order valence-corrected chi connectivity index (χ1v) is 7.96. The van der Waals surface area contributed by atoms with Gasteiger partial charge in [-0.05, 0) is 41.7 Å². The molecular weight excluding hydrogens is 288 g/mol. The molecule has 1 amide bonds.